The molecule has 2 aromatic carbocycles. The van der Waals surface area contributed by atoms with E-state index in [2.05, 4.69) is 25.2 Å². The second kappa shape index (κ2) is 6.56. The zero-order valence-corrected chi connectivity index (χ0v) is 16.4. The van der Waals surface area contributed by atoms with E-state index in [4.69, 9.17) is 11.6 Å². The minimum Gasteiger partial charge on any atom is -0.379 e. The molecule has 26 heavy (non-hydrogen) atoms. The Kier molecular flexibility index (Phi) is 4.71. The number of halogens is 1. The van der Waals surface area contributed by atoms with Crippen LogP contribution in [0.25, 0.3) is 5.70 Å². The lowest BCUT2D eigenvalue weighted by Crippen LogP contribution is -2.43. The van der Waals surface area contributed by atoms with Gasteiger partial charge in [0.2, 0.25) is 0 Å². The van der Waals surface area contributed by atoms with Gasteiger partial charge in [-0.3, -0.25) is 4.79 Å². The van der Waals surface area contributed by atoms with Crippen LogP contribution in [-0.2, 0) is 16.3 Å². The number of nitrogens with one attached hydrogen (secondary N) is 1. The van der Waals surface area contributed by atoms with Crippen molar-refractivity contribution >= 4 is 32.9 Å². The van der Waals surface area contributed by atoms with E-state index in [1.807, 2.05) is 18.2 Å². The van der Waals surface area contributed by atoms with Gasteiger partial charge >= 0.3 is 0 Å². The van der Waals surface area contributed by atoms with Crippen molar-refractivity contribution in [2.75, 3.05) is 6.26 Å². The lowest BCUT2D eigenvalue weighted by molar-refractivity contribution is 0.104. The van der Waals surface area contributed by atoms with Crippen molar-refractivity contribution in [2.45, 2.75) is 30.7 Å². The Balaban J connectivity index is 2.02. The lowest BCUT2D eigenvalue weighted by Gasteiger charge is -2.35. The van der Waals surface area contributed by atoms with Crippen molar-refractivity contribution < 1.29 is 13.2 Å². The van der Waals surface area contributed by atoms with Gasteiger partial charge in [0.1, 0.15) is 0 Å². The Labute approximate surface area is 158 Å². The van der Waals surface area contributed by atoms with Gasteiger partial charge in [-0.15, -0.1) is 0 Å². The number of ketones is 1. The standard InChI is InChI=1S/C20H20ClNO3S/c1-20(2)12-13-6-4-5-7-15(13)18(22-20)11-19(23)16-9-8-14(10-17(16)21)26(3,24)25/h4-11,22H,12H2,1-3H3. The highest BCUT2D eigenvalue weighted by Gasteiger charge is 2.27. The fraction of sp³-hybridized carbons (Fsp3) is 0.250. The number of benzene rings is 2. The molecule has 4 nitrogen and oxygen atoms in total. The predicted octanol–water partition coefficient (Wildman–Crippen LogP) is 3.89. The third kappa shape index (κ3) is 3.84. The van der Waals surface area contributed by atoms with E-state index < -0.39 is 9.84 Å². The molecule has 0 spiro atoms. The van der Waals surface area contributed by atoms with Crippen LogP contribution < -0.4 is 5.32 Å². The normalized spacial score (nSPS) is 17.5. The van der Waals surface area contributed by atoms with Gasteiger partial charge in [0, 0.05) is 34.7 Å². The minimum absolute atomic E-state index is 0.0916. The monoisotopic (exact) mass is 389 g/mol. The lowest BCUT2D eigenvalue weighted by atomic mass is 9.85. The Morgan fingerprint density at radius 1 is 1.19 bits per heavy atom. The van der Waals surface area contributed by atoms with Gasteiger partial charge < -0.3 is 5.32 Å². The number of fused-ring (bicyclic) bond motifs is 1. The number of carbonyl (C=O) groups is 1. The molecule has 1 N–H and O–H groups in total. The predicted molar refractivity (Wildman–Crippen MR) is 104 cm³/mol. The number of hydrogen-bond donors (Lipinski definition) is 1. The maximum atomic E-state index is 12.8. The van der Waals surface area contributed by atoms with Crippen molar-refractivity contribution in [1.82, 2.24) is 5.32 Å². The molecular weight excluding hydrogens is 370 g/mol. The first-order valence-corrected chi connectivity index (χ1v) is 10.5. The molecule has 0 amide bonds. The first-order chi connectivity index (χ1) is 12.1. The van der Waals surface area contributed by atoms with Crippen molar-refractivity contribution in [3.05, 3.63) is 70.3 Å². The summed E-state index contributed by atoms with van der Waals surface area (Å²) in [4.78, 5) is 12.9. The Morgan fingerprint density at radius 3 is 2.54 bits per heavy atom. The molecule has 6 heteroatoms. The summed E-state index contributed by atoms with van der Waals surface area (Å²) in [6, 6.07) is 12.1. The fourth-order valence-corrected chi connectivity index (χ4v) is 4.12. The van der Waals surface area contributed by atoms with E-state index >= 15 is 0 Å². The number of allylic oxidation sites excluding steroid dienone is 1. The van der Waals surface area contributed by atoms with Crippen LogP contribution in [0, 0.1) is 0 Å². The van der Waals surface area contributed by atoms with Crippen LogP contribution in [0.1, 0.15) is 35.3 Å². The summed E-state index contributed by atoms with van der Waals surface area (Å²) >= 11 is 6.17. The highest BCUT2D eigenvalue weighted by molar-refractivity contribution is 7.90. The first kappa shape index (κ1) is 18.7. The van der Waals surface area contributed by atoms with Crippen LogP contribution >= 0.6 is 11.6 Å². The summed E-state index contributed by atoms with van der Waals surface area (Å²) in [5, 5.41) is 3.53. The molecule has 136 valence electrons. The SMILES string of the molecule is CC1(C)Cc2ccccc2C(=CC(=O)c2ccc(S(C)(=O)=O)cc2Cl)N1. The number of rotatable bonds is 3. The molecule has 0 atom stereocenters. The minimum atomic E-state index is -3.37. The molecule has 0 radical (unpaired) electrons. The van der Waals surface area contributed by atoms with Crippen molar-refractivity contribution in [3.63, 3.8) is 0 Å². The van der Waals surface area contributed by atoms with E-state index in [0.717, 1.165) is 23.9 Å². The van der Waals surface area contributed by atoms with Crippen LogP contribution in [0.2, 0.25) is 5.02 Å². The van der Waals surface area contributed by atoms with Crippen LogP contribution in [-0.4, -0.2) is 26.0 Å². The number of carbonyl (C=O) groups excluding carboxylic acids is 1. The molecule has 0 bridgehead atoms. The maximum absolute atomic E-state index is 12.8. The third-order valence-corrected chi connectivity index (χ3v) is 5.75. The molecule has 1 heterocycles. The molecule has 1 aliphatic heterocycles. The fourth-order valence-electron chi connectivity index (χ4n) is 3.14. The van der Waals surface area contributed by atoms with Gasteiger partial charge in [-0.05, 0) is 44.0 Å². The molecule has 0 saturated heterocycles. The molecule has 0 aliphatic carbocycles. The van der Waals surface area contributed by atoms with Crippen molar-refractivity contribution in [3.8, 4) is 0 Å². The number of sulfone groups is 1. The zero-order chi connectivity index (χ0) is 19.1. The molecule has 3 rings (SSSR count). The van der Waals surface area contributed by atoms with Gasteiger partial charge in [0.25, 0.3) is 0 Å². The summed E-state index contributed by atoms with van der Waals surface area (Å²) < 4.78 is 23.3. The van der Waals surface area contributed by atoms with Crippen LogP contribution in [0.4, 0.5) is 0 Å². The molecule has 2 aromatic rings. The molecule has 1 aliphatic rings. The van der Waals surface area contributed by atoms with Gasteiger partial charge in [-0.25, -0.2) is 8.42 Å². The van der Waals surface area contributed by atoms with Gasteiger partial charge in [-0.2, -0.15) is 0 Å². The van der Waals surface area contributed by atoms with E-state index in [1.54, 1.807) is 0 Å². The topological polar surface area (TPSA) is 63.2 Å². The van der Waals surface area contributed by atoms with Gasteiger partial charge in [0.05, 0.1) is 9.92 Å². The maximum Gasteiger partial charge on any atom is 0.189 e. The van der Waals surface area contributed by atoms with Crippen LogP contribution in [0.15, 0.2) is 53.4 Å². The Hall–Kier alpha value is -2.11. The second-order valence-corrected chi connectivity index (χ2v) is 9.60. The third-order valence-electron chi connectivity index (χ3n) is 4.32. The van der Waals surface area contributed by atoms with Crippen molar-refractivity contribution in [1.29, 1.82) is 0 Å². The summed E-state index contributed by atoms with van der Waals surface area (Å²) in [5.74, 6) is -0.273. The van der Waals surface area contributed by atoms with Crippen LogP contribution in [0.5, 0.6) is 0 Å². The zero-order valence-electron chi connectivity index (χ0n) is 14.8. The Bertz CT molecular complexity index is 1020. The smallest absolute Gasteiger partial charge is 0.189 e. The van der Waals surface area contributed by atoms with E-state index in [9.17, 15) is 13.2 Å². The van der Waals surface area contributed by atoms with Crippen molar-refractivity contribution in [2.24, 2.45) is 0 Å². The summed E-state index contributed by atoms with van der Waals surface area (Å²) in [7, 11) is -3.37. The molecular formula is C20H20ClNO3S. The van der Waals surface area contributed by atoms with Crippen LogP contribution in [0.3, 0.4) is 0 Å². The highest BCUT2D eigenvalue weighted by Crippen LogP contribution is 2.30. The van der Waals surface area contributed by atoms with E-state index in [-0.39, 0.29) is 26.8 Å². The first-order valence-electron chi connectivity index (χ1n) is 8.19. The van der Waals surface area contributed by atoms with E-state index in [0.29, 0.717) is 0 Å². The second-order valence-electron chi connectivity index (χ2n) is 7.18. The highest BCUT2D eigenvalue weighted by atomic mass is 35.5. The molecule has 0 unspecified atom stereocenters. The average molecular weight is 390 g/mol. The Morgan fingerprint density at radius 2 is 1.88 bits per heavy atom. The molecule has 0 aromatic heterocycles. The summed E-state index contributed by atoms with van der Waals surface area (Å²) in [6.45, 7) is 4.16. The van der Waals surface area contributed by atoms with Gasteiger partial charge in [-0.1, -0.05) is 35.9 Å². The molecule has 0 saturated carbocycles. The summed E-state index contributed by atoms with van der Waals surface area (Å²) in [5.41, 5.74) is 3.00. The number of hydrogen-bond acceptors (Lipinski definition) is 4. The molecule has 0 fully saturated rings. The quantitative estimate of drug-likeness (QED) is 0.639. The summed E-state index contributed by atoms with van der Waals surface area (Å²) in [6.07, 6.45) is 3.49. The van der Waals surface area contributed by atoms with E-state index in [1.165, 1.54) is 29.8 Å². The largest absolute Gasteiger partial charge is 0.379 e. The van der Waals surface area contributed by atoms with Gasteiger partial charge in [0.15, 0.2) is 15.6 Å². The average Bonchev–Trinajstić information content (AvgIpc) is 2.52.